The largest absolute Gasteiger partial charge is 0.497 e. The highest BCUT2D eigenvalue weighted by atomic mass is 16.5. The van der Waals surface area contributed by atoms with Gasteiger partial charge in [0.15, 0.2) is 0 Å². The summed E-state index contributed by atoms with van der Waals surface area (Å²) in [5.74, 6) is 1.74. The van der Waals surface area contributed by atoms with Gasteiger partial charge in [-0.25, -0.2) is 0 Å². The average molecular weight is 341 g/mol. The van der Waals surface area contributed by atoms with Gasteiger partial charge in [0.25, 0.3) is 0 Å². The van der Waals surface area contributed by atoms with Gasteiger partial charge in [-0.15, -0.1) is 0 Å². The number of aromatic amines is 1. The summed E-state index contributed by atoms with van der Waals surface area (Å²) < 4.78 is 10.5. The zero-order valence-electron chi connectivity index (χ0n) is 14.6. The van der Waals surface area contributed by atoms with E-state index in [1.165, 1.54) is 0 Å². The minimum Gasteiger partial charge on any atom is -0.497 e. The standard InChI is InChI=1S/C19H23N3O3/c1-24-16-10-14(11-17(12-16)25-2)5-6-19(23)22-9-3-4-15(13-22)18-7-8-20-21-18/h5-8,10-12,15H,3-4,9,13H2,1-2H3,(H,20,21)/b6-5+. The van der Waals surface area contributed by atoms with Crippen LogP contribution >= 0.6 is 0 Å². The van der Waals surface area contributed by atoms with E-state index in [2.05, 4.69) is 10.2 Å². The molecule has 1 aliphatic rings. The number of amides is 1. The molecule has 132 valence electrons. The van der Waals surface area contributed by atoms with Gasteiger partial charge in [0, 0.05) is 43.0 Å². The predicted molar refractivity (Wildman–Crippen MR) is 95.7 cm³/mol. The molecule has 1 unspecified atom stereocenters. The molecule has 1 saturated heterocycles. The third-order valence-electron chi connectivity index (χ3n) is 4.49. The van der Waals surface area contributed by atoms with Crippen LogP contribution in [-0.2, 0) is 4.79 Å². The van der Waals surface area contributed by atoms with E-state index in [1.54, 1.807) is 38.6 Å². The second-order valence-electron chi connectivity index (χ2n) is 6.11. The van der Waals surface area contributed by atoms with Crippen LogP contribution in [0.3, 0.4) is 0 Å². The number of H-pyrrole nitrogens is 1. The molecule has 0 spiro atoms. The molecule has 0 bridgehead atoms. The number of nitrogens with one attached hydrogen (secondary N) is 1. The smallest absolute Gasteiger partial charge is 0.246 e. The Labute approximate surface area is 147 Å². The Bertz CT molecular complexity index is 718. The lowest BCUT2D eigenvalue weighted by Gasteiger charge is -2.31. The number of hydrogen-bond acceptors (Lipinski definition) is 4. The van der Waals surface area contributed by atoms with Gasteiger partial charge in [-0.3, -0.25) is 9.89 Å². The van der Waals surface area contributed by atoms with E-state index in [0.717, 1.165) is 30.6 Å². The molecule has 0 radical (unpaired) electrons. The van der Waals surface area contributed by atoms with E-state index in [0.29, 0.717) is 24.0 Å². The van der Waals surface area contributed by atoms with Crippen LogP contribution in [0.2, 0.25) is 0 Å². The van der Waals surface area contributed by atoms with Crippen LogP contribution in [0.1, 0.15) is 30.0 Å². The third kappa shape index (κ3) is 4.21. The summed E-state index contributed by atoms with van der Waals surface area (Å²) in [5.41, 5.74) is 1.96. The first kappa shape index (κ1) is 17.1. The molecular formula is C19H23N3O3. The molecule has 1 aromatic carbocycles. The minimum atomic E-state index is 0.0194. The zero-order valence-corrected chi connectivity index (χ0v) is 14.6. The lowest BCUT2D eigenvalue weighted by Crippen LogP contribution is -2.38. The first-order valence-corrected chi connectivity index (χ1v) is 8.39. The fourth-order valence-corrected chi connectivity index (χ4v) is 3.12. The first-order valence-electron chi connectivity index (χ1n) is 8.39. The molecule has 2 heterocycles. The van der Waals surface area contributed by atoms with Gasteiger partial charge in [0.05, 0.1) is 14.2 Å². The molecular weight excluding hydrogens is 318 g/mol. The SMILES string of the molecule is COc1cc(/C=C/C(=O)N2CCCC(c3ccn[nH]3)C2)cc(OC)c1. The number of carbonyl (C=O) groups is 1. The first-order chi connectivity index (χ1) is 12.2. The Morgan fingerprint density at radius 2 is 2.04 bits per heavy atom. The molecule has 2 aromatic rings. The summed E-state index contributed by atoms with van der Waals surface area (Å²) >= 11 is 0. The minimum absolute atomic E-state index is 0.0194. The van der Waals surface area contributed by atoms with E-state index in [4.69, 9.17) is 9.47 Å². The van der Waals surface area contributed by atoms with Gasteiger partial charge in [0.2, 0.25) is 5.91 Å². The summed E-state index contributed by atoms with van der Waals surface area (Å²) in [7, 11) is 3.22. The Kier molecular flexibility index (Phi) is 5.38. The molecule has 1 amide bonds. The van der Waals surface area contributed by atoms with Gasteiger partial charge in [-0.05, 0) is 42.7 Å². The average Bonchev–Trinajstić information content (AvgIpc) is 3.20. The van der Waals surface area contributed by atoms with Crippen LogP contribution in [0.4, 0.5) is 0 Å². The molecule has 1 fully saturated rings. The van der Waals surface area contributed by atoms with Crippen molar-refractivity contribution < 1.29 is 14.3 Å². The van der Waals surface area contributed by atoms with E-state index >= 15 is 0 Å². The second kappa shape index (κ2) is 7.88. The maximum absolute atomic E-state index is 12.5. The number of hydrogen-bond donors (Lipinski definition) is 1. The molecule has 3 rings (SSSR count). The van der Waals surface area contributed by atoms with Crippen LogP contribution in [-0.4, -0.2) is 48.3 Å². The number of benzene rings is 1. The Morgan fingerprint density at radius 1 is 1.28 bits per heavy atom. The molecule has 25 heavy (non-hydrogen) atoms. The van der Waals surface area contributed by atoms with E-state index < -0.39 is 0 Å². The molecule has 1 atom stereocenters. The van der Waals surface area contributed by atoms with Crippen molar-refractivity contribution in [2.45, 2.75) is 18.8 Å². The maximum Gasteiger partial charge on any atom is 0.246 e. The quantitative estimate of drug-likeness (QED) is 0.849. The fraction of sp³-hybridized carbons (Fsp3) is 0.368. The van der Waals surface area contributed by atoms with Crippen molar-refractivity contribution in [1.29, 1.82) is 0 Å². The summed E-state index contributed by atoms with van der Waals surface area (Å²) in [5, 5.41) is 7.03. The third-order valence-corrected chi connectivity index (χ3v) is 4.49. The van der Waals surface area contributed by atoms with Crippen LogP contribution in [0.15, 0.2) is 36.5 Å². The van der Waals surface area contributed by atoms with Crippen LogP contribution in [0.25, 0.3) is 6.08 Å². The van der Waals surface area contributed by atoms with Crippen LogP contribution in [0.5, 0.6) is 11.5 Å². The molecule has 0 saturated carbocycles. The van der Waals surface area contributed by atoms with Gasteiger partial charge >= 0.3 is 0 Å². The van der Waals surface area contributed by atoms with Gasteiger partial charge in [-0.2, -0.15) is 5.10 Å². The van der Waals surface area contributed by atoms with Gasteiger partial charge in [0.1, 0.15) is 11.5 Å². The highest BCUT2D eigenvalue weighted by Gasteiger charge is 2.24. The Morgan fingerprint density at radius 3 is 2.68 bits per heavy atom. The molecule has 1 N–H and O–H groups in total. The van der Waals surface area contributed by atoms with Crippen LogP contribution < -0.4 is 9.47 Å². The Balaban J connectivity index is 1.68. The number of carbonyl (C=O) groups excluding carboxylic acids is 1. The number of ether oxygens (including phenoxy) is 2. The summed E-state index contributed by atoms with van der Waals surface area (Å²) in [6.45, 7) is 1.50. The summed E-state index contributed by atoms with van der Waals surface area (Å²) in [6, 6.07) is 7.53. The number of methoxy groups -OCH3 is 2. The number of likely N-dealkylation sites (tertiary alicyclic amines) is 1. The fourth-order valence-electron chi connectivity index (χ4n) is 3.12. The zero-order chi connectivity index (χ0) is 17.6. The van der Waals surface area contributed by atoms with Crippen molar-refractivity contribution in [2.24, 2.45) is 0 Å². The Hall–Kier alpha value is -2.76. The van der Waals surface area contributed by atoms with Gasteiger partial charge in [-0.1, -0.05) is 0 Å². The molecule has 6 heteroatoms. The number of aromatic nitrogens is 2. The van der Waals surface area contributed by atoms with E-state index in [9.17, 15) is 4.79 Å². The summed E-state index contributed by atoms with van der Waals surface area (Å²) in [6.07, 6.45) is 7.24. The normalized spacial score (nSPS) is 17.7. The van der Waals surface area contributed by atoms with Gasteiger partial charge < -0.3 is 14.4 Å². The lowest BCUT2D eigenvalue weighted by molar-refractivity contribution is -0.127. The number of piperidine rings is 1. The van der Waals surface area contributed by atoms with Crippen molar-refractivity contribution >= 4 is 12.0 Å². The lowest BCUT2D eigenvalue weighted by atomic mass is 9.95. The highest BCUT2D eigenvalue weighted by Crippen LogP contribution is 2.26. The number of nitrogens with zero attached hydrogens (tertiary/aromatic N) is 2. The van der Waals surface area contributed by atoms with Crippen molar-refractivity contribution in [3.63, 3.8) is 0 Å². The molecule has 0 aliphatic carbocycles. The summed E-state index contributed by atoms with van der Waals surface area (Å²) in [4.78, 5) is 14.4. The maximum atomic E-state index is 12.5. The molecule has 1 aliphatic heterocycles. The molecule has 6 nitrogen and oxygen atoms in total. The van der Waals surface area contributed by atoms with E-state index in [-0.39, 0.29) is 5.91 Å². The predicted octanol–water partition coefficient (Wildman–Crippen LogP) is 2.85. The van der Waals surface area contributed by atoms with Crippen molar-refractivity contribution in [3.8, 4) is 11.5 Å². The van der Waals surface area contributed by atoms with Crippen molar-refractivity contribution in [3.05, 3.63) is 47.8 Å². The van der Waals surface area contributed by atoms with Crippen molar-refractivity contribution in [2.75, 3.05) is 27.3 Å². The van der Waals surface area contributed by atoms with Crippen molar-refractivity contribution in [1.82, 2.24) is 15.1 Å². The monoisotopic (exact) mass is 341 g/mol. The van der Waals surface area contributed by atoms with E-state index in [1.807, 2.05) is 23.1 Å². The highest BCUT2D eigenvalue weighted by molar-refractivity contribution is 5.92. The second-order valence-corrected chi connectivity index (χ2v) is 6.11. The molecule has 1 aromatic heterocycles. The number of rotatable bonds is 5. The topological polar surface area (TPSA) is 67.5 Å². The van der Waals surface area contributed by atoms with Crippen LogP contribution in [0, 0.1) is 0 Å².